The van der Waals surface area contributed by atoms with E-state index < -0.39 is 0 Å². The molecule has 0 aliphatic rings. The van der Waals surface area contributed by atoms with Crippen LogP contribution < -0.4 is 15.4 Å². The second kappa shape index (κ2) is 8.90. The second-order valence-corrected chi connectivity index (χ2v) is 6.50. The largest absolute Gasteiger partial charge is 0.491 e. The van der Waals surface area contributed by atoms with E-state index in [-0.39, 0.29) is 23.7 Å². The molecule has 1 heterocycles. The Bertz CT molecular complexity index is 914. The van der Waals surface area contributed by atoms with Crippen molar-refractivity contribution in [3.05, 3.63) is 83.8 Å². The molecular formula is C22H22N2O4. The van der Waals surface area contributed by atoms with Gasteiger partial charge in [0.15, 0.2) is 5.76 Å². The molecule has 144 valence electrons. The van der Waals surface area contributed by atoms with Crippen molar-refractivity contribution < 1.29 is 18.7 Å². The van der Waals surface area contributed by atoms with Crippen LogP contribution in [0, 0.1) is 0 Å². The summed E-state index contributed by atoms with van der Waals surface area (Å²) in [6.07, 6.45) is 1.56. The van der Waals surface area contributed by atoms with E-state index in [0.717, 1.165) is 11.3 Å². The van der Waals surface area contributed by atoms with Gasteiger partial charge in [-0.05, 0) is 67.9 Å². The molecule has 2 N–H and O–H groups in total. The maximum Gasteiger partial charge on any atom is 0.291 e. The topological polar surface area (TPSA) is 80.6 Å². The van der Waals surface area contributed by atoms with Gasteiger partial charge in [-0.15, -0.1) is 0 Å². The average molecular weight is 378 g/mol. The van der Waals surface area contributed by atoms with Gasteiger partial charge in [0.1, 0.15) is 5.75 Å². The van der Waals surface area contributed by atoms with E-state index in [0.29, 0.717) is 17.8 Å². The molecule has 2 aromatic carbocycles. The molecule has 0 aliphatic carbocycles. The Morgan fingerprint density at radius 2 is 1.68 bits per heavy atom. The standard InChI is InChI=1S/C22H22N2O4/c1-15(2)28-19-11-5-16(6-12-19)14-23-21(25)17-7-9-18(10-8-17)24-22(26)20-4-3-13-27-20/h3-13,15H,14H2,1-2H3,(H,23,25)(H,24,26). The van der Waals surface area contributed by atoms with E-state index in [4.69, 9.17) is 9.15 Å². The van der Waals surface area contributed by atoms with Crippen LogP contribution in [0.15, 0.2) is 71.3 Å². The Hall–Kier alpha value is -3.54. The lowest BCUT2D eigenvalue weighted by Gasteiger charge is -2.10. The normalized spacial score (nSPS) is 10.5. The number of nitrogens with one attached hydrogen (secondary N) is 2. The lowest BCUT2D eigenvalue weighted by Crippen LogP contribution is -2.22. The first kappa shape index (κ1) is 19.2. The highest BCUT2D eigenvalue weighted by Crippen LogP contribution is 2.15. The predicted octanol–water partition coefficient (Wildman–Crippen LogP) is 4.25. The third-order valence-electron chi connectivity index (χ3n) is 3.90. The Morgan fingerprint density at radius 1 is 0.964 bits per heavy atom. The number of benzene rings is 2. The van der Waals surface area contributed by atoms with E-state index in [1.54, 1.807) is 36.4 Å². The smallest absolute Gasteiger partial charge is 0.291 e. The number of hydrogen-bond donors (Lipinski definition) is 2. The zero-order valence-corrected chi connectivity index (χ0v) is 15.8. The summed E-state index contributed by atoms with van der Waals surface area (Å²) in [5, 5.41) is 5.59. The van der Waals surface area contributed by atoms with Crippen LogP contribution in [0.4, 0.5) is 5.69 Å². The summed E-state index contributed by atoms with van der Waals surface area (Å²) >= 11 is 0. The summed E-state index contributed by atoms with van der Waals surface area (Å²) in [6, 6.07) is 17.5. The number of rotatable bonds is 7. The molecule has 28 heavy (non-hydrogen) atoms. The first-order valence-electron chi connectivity index (χ1n) is 9.00. The maximum atomic E-state index is 12.3. The summed E-state index contributed by atoms with van der Waals surface area (Å²) in [5.74, 6) is 0.502. The van der Waals surface area contributed by atoms with Gasteiger partial charge in [0, 0.05) is 17.8 Å². The van der Waals surface area contributed by atoms with Crippen molar-refractivity contribution >= 4 is 17.5 Å². The monoisotopic (exact) mass is 378 g/mol. The lowest BCUT2D eigenvalue weighted by atomic mass is 10.1. The van der Waals surface area contributed by atoms with Crippen molar-refractivity contribution in [2.75, 3.05) is 5.32 Å². The lowest BCUT2D eigenvalue weighted by molar-refractivity contribution is 0.0950. The molecule has 0 fully saturated rings. The molecule has 0 spiro atoms. The minimum atomic E-state index is -0.341. The van der Waals surface area contributed by atoms with Gasteiger partial charge in [-0.3, -0.25) is 9.59 Å². The van der Waals surface area contributed by atoms with E-state index in [1.807, 2.05) is 38.1 Å². The van der Waals surface area contributed by atoms with E-state index in [2.05, 4.69) is 10.6 Å². The SMILES string of the molecule is CC(C)Oc1ccc(CNC(=O)c2ccc(NC(=O)c3ccco3)cc2)cc1. The number of furan rings is 1. The first-order chi connectivity index (χ1) is 13.5. The molecule has 6 heteroatoms. The second-order valence-electron chi connectivity index (χ2n) is 6.50. The quantitative estimate of drug-likeness (QED) is 0.644. The van der Waals surface area contributed by atoms with Gasteiger partial charge >= 0.3 is 0 Å². The number of carbonyl (C=O) groups excluding carboxylic acids is 2. The molecule has 3 aromatic rings. The highest BCUT2D eigenvalue weighted by Gasteiger charge is 2.10. The van der Waals surface area contributed by atoms with Crippen LogP contribution in [-0.4, -0.2) is 17.9 Å². The Morgan fingerprint density at radius 3 is 2.29 bits per heavy atom. The van der Waals surface area contributed by atoms with Crippen LogP contribution in [0.5, 0.6) is 5.75 Å². The van der Waals surface area contributed by atoms with Crippen molar-refractivity contribution in [1.29, 1.82) is 0 Å². The van der Waals surface area contributed by atoms with Crippen LogP contribution in [0.3, 0.4) is 0 Å². The van der Waals surface area contributed by atoms with Crippen molar-refractivity contribution in [2.45, 2.75) is 26.5 Å². The fraction of sp³-hybridized carbons (Fsp3) is 0.182. The van der Waals surface area contributed by atoms with E-state index in [1.165, 1.54) is 6.26 Å². The van der Waals surface area contributed by atoms with Gasteiger partial charge in [0.2, 0.25) is 0 Å². The fourth-order valence-electron chi connectivity index (χ4n) is 2.55. The van der Waals surface area contributed by atoms with Crippen molar-refractivity contribution in [1.82, 2.24) is 5.32 Å². The molecule has 0 unspecified atom stereocenters. The minimum absolute atomic E-state index is 0.123. The minimum Gasteiger partial charge on any atom is -0.491 e. The summed E-state index contributed by atoms with van der Waals surface area (Å²) in [5.41, 5.74) is 2.07. The van der Waals surface area contributed by atoms with Gasteiger partial charge in [-0.2, -0.15) is 0 Å². The summed E-state index contributed by atoms with van der Waals surface area (Å²) in [6.45, 7) is 4.36. The Labute approximate surface area is 163 Å². The van der Waals surface area contributed by atoms with Crippen molar-refractivity contribution in [3.8, 4) is 5.75 Å². The Balaban J connectivity index is 1.52. The van der Waals surface area contributed by atoms with Gasteiger partial charge in [-0.25, -0.2) is 0 Å². The van der Waals surface area contributed by atoms with Gasteiger partial charge in [0.05, 0.1) is 12.4 Å². The van der Waals surface area contributed by atoms with Gasteiger partial charge in [-0.1, -0.05) is 12.1 Å². The molecule has 0 saturated heterocycles. The number of carbonyl (C=O) groups is 2. The van der Waals surface area contributed by atoms with Crippen molar-refractivity contribution in [3.63, 3.8) is 0 Å². The molecular weight excluding hydrogens is 356 g/mol. The van der Waals surface area contributed by atoms with Crippen LogP contribution in [0.2, 0.25) is 0 Å². The molecule has 1 aromatic heterocycles. The number of hydrogen-bond acceptors (Lipinski definition) is 4. The summed E-state index contributed by atoms with van der Waals surface area (Å²) < 4.78 is 10.6. The number of anilines is 1. The first-order valence-corrected chi connectivity index (χ1v) is 9.00. The maximum absolute atomic E-state index is 12.3. The third kappa shape index (κ3) is 5.23. The van der Waals surface area contributed by atoms with Gasteiger partial charge in [0.25, 0.3) is 11.8 Å². The zero-order valence-electron chi connectivity index (χ0n) is 15.8. The summed E-state index contributed by atoms with van der Waals surface area (Å²) in [7, 11) is 0. The fourth-order valence-corrected chi connectivity index (χ4v) is 2.55. The van der Waals surface area contributed by atoms with Crippen molar-refractivity contribution in [2.24, 2.45) is 0 Å². The summed E-state index contributed by atoms with van der Waals surface area (Å²) in [4.78, 5) is 24.3. The Kier molecular flexibility index (Phi) is 6.11. The number of ether oxygens (including phenoxy) is 1. The zero-order chi connectivity index (χ0) is 19.9. The molecule has 3 rings (SSSR count). The van der Waals surface area contributed by atoms with Crippen LogP contribution in [0.1, 0.15) is 40.3 Å². The van der Waals surface area contributed by atoms with Gasteiger partial charge < -0.3 is 19.8 Å². The molecule has 0 bridgehead atoms. The third-order valence-corrected chi connectivity index (χ3v) is 3.90. The number of amides is 2. The predicted molar refractivity (Wildman–Crippen MR) is 106 cm³/mol. The molecule has 0 radical (unpaired) electrons. The molecule has 0 saturated carbocycles. The highest BCUT2D eigenvalue weighted by molar-refractivity contribution is 6.02. The van der Waals surface area contributed by atoms with Crippen LogP contribution >= 0.6 is 0 Å². The van der Waals surface area contributed by atoms with Crippen LogP contribution in [-0.2, 0) is 6.54 Å². The van der Waals surface area contributed by atoms with Crippen LogP contribution in [0.25, 0.3) is 0 Å². The van der Waals surface area contributed by atoms with E-state index in [9.17, 15) is 9.59 Å². The molecule has 0 aliphatic heterocycles. The highest BCUT2D eigenvalue weighted by atomic mass is 16.5. The molecule has 6 nitrogen and oxygen atoms in total. The molecule has 2 amide bonds. The average Bonchev–Trinajstić information content (AvgIpc) is 3.22. The molecule has 0 atom stereocenters. The van der Waals surface area contributed by atoms with E-state index >= 15 is 0 Å².